The van der Waals surface area contributed by atoms with Gasteiger partial charge in [-0.3, -0.25) is 4.79 Å². The predicted molar refractivity (Wildman–Crippen MR) is 152 cm³/mol. The Kier molecular flexibility index (Phi) is 8.20. The summed E-state index contributed by atoms with van der Waals surface area (Å²) < 4.78 is 27.2. The van der Waals surface area contributed by atoms with Crippen molar-refractivity contribution in [3.05, 3.63) is 148 Å². The van der Waals surface area contributed by atoms with Crippen molar-refractivity contribution in [1.82, 2.24) is 0 Å². The zero-order valence-electron chi connectivity index (χ0n) is 19.7. The smallest absolute Gasteiger partial charge is 0.193 e. The van der Waals surface area contributed by atoms with Gasteiger partial charge in [-0.1, -0.05) is 65.3 Å². The third-order valence-electron chi connectivity index (χ3n) is 5.67. The van der Waals surface area contributed by atoms with E-state index in [1.165, 1.54) is 36.0 Å². The Morgan fingerprint density at radius 1 is 0.605 bits per heavy atom. The number of rotatable bonds is 7. The number of ketones is 1. The van der Waals surface area contributed by atoms with Crippen molar-refractivity contribution in [3.63, 3.8) is 0 Å². The first-order valence-corrected chi connectivity index (χ1v) is 14.3. The normalized spacial score (nSPS) is 11.1. The molecule has 1 nitrogen and oxygen atoms in total. The number of carbonyl (C=O) groups excluding carboxylic acids is 1. The summed E-state index contributed by atoms with van der Waals surface area (Å²) in [6.45, 7) is 0. The Balaban J connectivity index is 1.42. The lowest BCUT2D eigenvalue weighted by atomic mass is 10.0. The minimum atomic E-state index is -0.554. The van der Waals surface area contributed by atoms with Gasteiger partial charge in [-0.25, -0.2) is 8.78 Å². The summed E-state index contributed by atoms with van der Waals surface area (Å²) in [7, 11) is -0.554. The topological polar surface area (TPSA) is 17.1 Å². The second-order valence-electron chi connectivity index (χ2n) is 8.25. The van der Waals surface area contributed by atoms with E-state index in [1.54, 1.807) is 48.5 Å². The molecule has 0 fully saturated rings. The van der Waals surface area contributed by atoms with Crippen molar-refractivity contribution >= 4 is 51.6 Å². The van der Waals surface area contributed by atoms with Crippen LogP contribution >= 0.6 is 35.0 Å². The lowest BCUT2D eigenvalue weighted by molar-refractivity contribution is 0.103. The van der Waals surface area contributed by atoms with Crippen molar-refractivity contribution in [2.24, 2.45) is 0 Å². The van der Waals surface area contributed by atoms with Crippen LogP contribution in [0, 0.1) is 11.6 Å². The Hall–Kier alpha value is -3.09. The average molecular weight is 581 g/mol. The third-order valence-corrected chi connectivity index (χ3v) is 9.88. The van der Waals surface area contributed by atoms with E-state index >= 15 is 0 Å². The first-order valence-electron chi connectivity index (χ1n) is 11.5. The molecule has 0 amide bonds. The van der Waals surface area contributed by atoms with Crippen LogP contribution in [0.4, 0.5) is 8.78 Å². The van der Waals surface area contributed by atoms with Gasteiger partial charge < -0.3 is 0 Å². The van der Waals surface area contributed by atoms with E-state index in [9.17, 15) is 13.6 Å². The van der Waals surface area contributed by atoms with Crippen LogP contribution < -0.4 is 0 Å². The number of benzene rings is 5. The quantitative estimate of drug-likeness (QED) is 0.141. The van der Waals surface area contributed by atoms with Gasteiger partial charge in [0.1, 0.15) is 11.6 Å². The van der Waals surface area contributed by atoms with E-state index in [2.05, 4.69) is 0 Å². The molecule has 7 heteroatoms. The first-order chi connectivity index (χ1) is 18.4. The van der Waals surface area contributed by atoms with Crippen molar-refractivity contribution in [1.29, 1.82) is 0 Å². The molecule has 5 aromatic rings. The Morgan fingerprint density at radius 2 is 1.05 bits per heavy atom. The number of hydrogen-bond donors (Lipinski definition) is 0. The highest BCUT2D eigenvalue weighted by molar-refractivity contribution is 7.99. The molecule has 0 radical (unpaired) electrons. The fourth-order valence-electron chi connectivity index (χ4n) is 3.86. The molecule has 5 aromatic carbocycles. The first kappa shape index (κ1) is 26.5. The van der Waals surface area contributed by atoms with Gasteiger partial charge in [0.05, 0.1) is 20.9 Å². The van der Waals surface area contributed by atoms with Gasteiger partial charge in [0.15, 0.2) is 20.5 Å². The fourth-order valence-corrected chi connectivity index (χ4v) is 7.44. The molecule has 188 valence electrons. The molecule has 38 heavy (non-hydrogen) atoms. The maximum Gasteiger partial charge on any atom is 0.193 e. The molecule has 0 aliphatic heterocycles. The van der Waals surface area contributed by atoms with Crippen molar-refractivity contribution < 1.29 is 13.6 Å². The summed E-state index contributed by atoms with van der Waals surface area (Å²) in [5, 5.41) is 0.784. The second kappa shape index (κ2) is 11.7. The predicted octanol–water partition coefficient (Wildman–Crippen LogP) is 9.75. The Morgan fingerprint density at radius 3 is 1.53 bits per heavy atom. The molecule has 0 aliphatic carbocycles. The van der Waals surface area contributed by atoms with Crippen LogP contribution in [-0.2, 0) is 10.9 Å². The van der Waals surface area contributed by atoms with Gasteiger partial charge >= 0.3 is 0 Å². The highest BCUT2D eigenvalue weighted by Crippen LogP contribution is 2.41. The van der Waals surface area contributed by atoms with Gasteiger partial charge in [0, 0.05) is 20.9 Å². The summed E-state index contributed by atoms with van der Waals surface area (Å²) in [6.07, 6.45) is 0. The zero-order chi connectivity index (χ0) is 26.6. The average Bonchev–Trinajstić information content (AvgIpc) is 2.93. The molecule has 0 aromatic heterocycles. The zero-order valence-corrected chi connectivity index (χ0v) is 22.9. The SMILES string of the molecule is O=C(c1ccccc1)c1cc(Cl)c(Sc2ccc([S+](c3ccc(F)cc3)c3ccc(F)cc3)cc2)c(Cl)c1. The van der Waals surface area contributed by atoms with E-state index in [0.717, 1.165) is 19.6 Å². The highest BCUT2D eigenvalue weighted by Gasteiger charge is 2.29. The molecule has 0 bridgehead atoms. The fraction of sp³-hybridized carbons (Fsp3) is 0. The molecule has 0 saturated heterocycles. The molecule has 0 unspecified atom stereocenters. The summed E-state index contributed by atoms with van der Waals surface area (Å²) in [4.78, 5) is 17.2. The number of halogens is 4. The molecule has 0 heterocycles. The van der Waals surface area contributed by atoms with Crippen molar-refractivity contribution in [2.45, 2.75) is 24.5 Å². The van der Waals surface area contributed by atoms with E-state index in [0.29, 0.717) is 26.1 Å². The van der Waals surface area contributed by atoms with E-state index in [-0.39, 0.29) is 17.4 Å². The molecular weight excluding hydrogens is 561 g/mol. The van der Waals surface area contributed by atoms with Gasteiger partial charge in [-0.2, -0.15) is 0 Å². The van der Waals surface area contributed by atoms with Crippen LogP contribution in [0.3, 0.4) is 0 Å². The Bertz CT molecular complexity index is 1510. The van der Waals surface area contributed by atoms with E-state index in [4.69, 9.17) is 23.2 Å². The standard InChI is InChI=1S/C31H19Cl2F2OS2/c32-28-18-21(30(36)20-4-2-1-3-5-20)19-29(33)31(28)37-24-10-16-27(17-11-24)38(25-12-6-22(34)7-13-25)26-14-8-23(35)9-15-26/h1-19H/q+1. The van der Waals surface area contributed by atoms with E-state index in [1.807, 2.05) is 42.5 Å². The maximum atomic E-state index is 13.6. The maximum absolute atomic E-state index is 13.6. The molecular formula is C31H19Cl2F2OS2+. The number of carbonyl (C=O) groups is 1. The third kappa shape index (κ3) is 5.97. The summed E-state index contributed by atoms with van der Waals surface area (Å²) in [5.74, 6) is -0.772. The summed E-state index contributed by atoms with van der Waals surface area (Å²) in [5.41, 5.74) is 0.988. The van der Waals surface area contributed by atoms with Crippen LogP contribution in [0.1, 0.15) is 15.9 Å². The molecule has 0 atom stereocenters. The van der Waals surface area contributed by atoms with Gasteiger partial charge in [-0.05, 0) is 84.9 Å². The van der Waals surface area contributed by atoms with Crippen LogP contribution in [0.5, 0.6) is 0 Å². The molecule has 0 N–H and O–H groups in total. The molecule has 0 aliphatic rings. The minimum Gasteiger partial charge on any atom is -0.289 e. The lowest BCUT2D eigenvalue weighted by Gasteiger charge is -2.11. The molecule has 0 spiro atoms. The molecule has 0 saturated carbocycles. The van der Waals surface area contributed by atoms with Crippen molar-refractivity contribution in [2.75, 3.05) is 0 Å². The van der Waals surface area contributed by atoms with Gasteiger partial charge in [0.2, 0.25) is 0 Å². The van der Waals surface area contributed by atoms with E-state index < -0.39 is 10.9 Å². The highest BCUT2D eigenvalue weighted by atomic mass is 35.5. The summed E-state index contributed by atoms with van der Waals surface area (Å²) in [6, 6.07) is 32.9. The van der Waals surface area contributed by atoms with Gasteiger partial charge in [0.25, 0.3) is 0 Å². The molecule has 5 rings (SSSR count). The number of hydrogen-bond acceptors (Lipinski definition) is 2. The van der Waals surface area contributed by atoms with Crippen LogP contribution in [-0.4, -0.2) is 5.78 Å². The minimum absolute atomic E-state index is 0.149. The van der Waals surface area contributed by atoms with Gasteiger partial charge in [-0.15, -0.1) is 0 Å². The second-order valence-corrected chi connectivity index (χ2v) is 12.2. The van der Waals surface area contributed by atoms with Crippen LogP contribution in [0.15, 0.2) is 140 Å². The largest absolute Gasteiger partial charge is 0.289 e. The summed E-state index contributed by atoms with van der Waals surface area (Å²) >= 11 is 14.5. The van der Waals surface area contributed by atoms with Crippen molar-refractivity contribution in [3.8, 4) is 0 Å². The monoisotopic (exact) mass is 579 g/mol. The Labute approximate surface area is 236 Å². The van der Waals surface area contributed by atoms with Crippen LogP contribution in [0.2, 0.25) is 10.0 Å². The van der Waals surface area contributed by atoms with Crippen LogP contribution in [0.25, 0.3) is 0 Å². The lowest BCUT2D eigenvalue weighted by Crippen LogP contribution is -2.05.